The van der Waals surface area contributed by atoms with Gasteiger partial charge in [-0.3, -0.25) is 0 Å². The first-order valence-corrected chi connectivity index (χ1v) is 5.84. The van der Waals surface area contributed by atoms with Crippen molar-refractivity contribution in [2.75, 3.05) is 0 Å². The highest BCUT2D eigenvalue weighted by Gasteiger charge is 2.42. The first-order chi connectivity index (χ1) is 9.57. The summed E-state index contributed by atoms with van der Waals surface area (Å²) < 4.78 is 76.4. The van der Waals surface area contributed by atoms with E-state index in [1.807, 2.05) is 0 Å². The van der Waals surface area contributed by atoms with Gasteiger partial charge in [0, 0.05) is 12.7 Å². The summed E-state index contributed by atoms with van der Waals surface area (Å²) in [6.07, 6.45) is -9.49. The number of hydrogen-bond donors (Lipinski definition) is 0. The summed E-state index contributed by atoms with van der Waals surface area (Å²) in [4.78, 5) is 2.68. The molecule has 21 heavy (non-hydrogen) atoms. The number of imidazole rings is 1. The van der Waals surface area contributed by atoms with Gasteiger partial charge in [0.1, 0.15) is 0 Å². The predicted octanol–water partition coefficient (Wildman–Crippen LogP) is 4.28. The van der Waals surface area contributed by atoms with Crippen molar-refractivity contribution in [3.8, 4) is 0 Å². The molecule has 0 aliphatic rings. The largest absolute Gasteiger partial charge is 0.449 e. The van der Waals surface area contributed by atoms with E-state index in [9.17, 15) is 26.3 Å². The van der Waals surface area contributed by atoms with Crippen LogP contribution in [0.1, 0.15) is 22.6 Å². The predicted molar refractivity (Wildman–Crippen MR) is 62.5 cm³/mol. The Hall–Kier alpha value is -1.99. The molecule has 0 saturated carbocycles. The van der Waals surface area contributed by atoms with Gasteiger partial charge in [0.2, 0.25) is 5.82 Å². The minimum atomic E-state index is -4.95. The highest BCUT2D eigenvalue weighted by atomic mass is 19.4. The van der Waals surface area contributed by atoms with E-state index < -0.39 is 23.9 Å². The van der Waals surface area contributed by atoms with Crippen molar-refractivity contribution in [1.29, 1.82) is 0 Å². The normalized spacial score (nSPS) is 12.7. The molecule has 0 bridgehead atoms. The second-order valence-electron chi connectivity index (χ2n) is 4.56. The van der Waals surface area contributed by atoms with Gasteiger partial charge in [-0.15, -0.1) is 0 Å². The lowest BCUT2D eigenvalue weighted by Crippen LogP contribution is -2.15. The third kappa shape index (κ3) is 3.56. The zero-order valence-corrected chi connectivity index (χ0v) is 10.8. The lowest BCUT2D eigenvalue weighted by molar-refractivity contribution is -0.150. The van der Waals surface area contributed by atoms with Gasteiger partial charge < -0.3 is 4.57 Å². The van der Waals surface area contributed by atoms with Gasteiger partial charge in [-0.05, 0) is 12.5 Å². The van der Waals surface area contributed by atoms with Crippen LogP contribution >= 0.6 is 0 Å². The summed E-state index contributed by atoms with van der Waals surface area (Å²) in [6.45, 7) is 1.41. The van der Waals surface area contributed by atoms with Crippen molar-refractivity contribution in [2.45, 2.75) is 25.8 Å². The van der Waals surface area contributed by atoms with Gasteiger partial charge >= 0.3 is 12.4 Å². The molecule has 0 radical (unpaired) electrons. The van der Waals surface area contributed by atoms with E-state index in [1.54, 1.807) is 31.2 Å². The number of halogens is 6. The van der Waals surface area contributed by atoms with E-state index >= 15 is 0 Å². The summed E-state index contributed by atoms with van der Waals surface area (Å²) in [5.41, 5.74) is -0.286. The lowest BCUT2D eigenvalue weighted by Gasteiger charge is -2.10. The van der Waals surface area contributed by atoms with E-state index in [0.29, 0.717) is 16.3 Å². The fraction of sp³-hybridized carbons (Fsp3) is 0.308. The van der Waals surface area contributed by atoms with E-state index in [2.05, 4.69) is 4.98 Å². The van der Waals surface area contributed by atoms with Crippen molar-refractivity contribution in [3.05, 3.63) is 53.1 Å². The maximum absolute atomic E-state index is 12.8. The zero-order valence-electron chi connectivity index (χ0n) is 10.8. The first kappa shape index (κ1) is 15.4. The Labute approximate surface area is 116 Å². The van der Waals surface area contributed by atoms with Gasteiger partial charge in [-0.2, -0.15) is 26.3 Å². The number of rotatable bonds is 2. The average Bonchev–Trinajstić information content (AvgIpc) is 2.72. The molecule has 1 aromatic carbocycles. The average molecular weight is 308 g/mol. The monoisotopic (exact) mass is 308 g/mol. The minimum Gasteiger partial charge on any atom is -0.322 e. The van der Waals surface area contributed by atoms with Crippen LogP contribution in [0.2, 0.25) is 0 Å². The van der Waals surface area contributed by atoms with E-state index in [1.165, 1.54) is 0 Å². The van der Waals surface area contributed by atoms with Gasteiger partial charge in [-0.25, -0.2) is 4.98 Å². The van der Waals surface area contributed by atoms with Crippen molar-refractivity contribution < 1.29 is 26.3 Å². The number of aryl methyl sites for hydroxylation is 1. The molecule has 0 amide bonds. The van der Waals surface area contributed by atoms with Gasteiger partial charge in [-0.1, -0.05) is 29.8 Å². The SMILES string of the molecule is Cc1cccc(Cn2cc(C(F)(F)F)nc2C(F)(F)F)c1. The number of aromatic nitrogens is 2. The fourth-order valence-electron chi connectivity index (χ4n) is 1.91. The Bertz CT molecular complexity index is 639. The molecule has 8 heteroatoms. The Kier molecular flexibility index (Phi) is 3.73. The van der Waals surface area contributed by atoms with Crippen molar-refractivity contribution in [2.24, 2.45) is 0 Å². The molecule has 2 nitrogen and oxygen atoms in total. The minimum absolute atomic E-state index is 0.334. The van der Waals surface area contributed by atoms with E-state index in [0.717, 1.165) is 5.56 Å². The van der Waals surface area contributed by atoms with Gasteiger partial charge in [0.15, 0.2) is 5.69 Å². The Morgan fingerprint density at radius 3 is 2.24 bits per heavy atom. The molecule has 114 valence electrons. The summed E-state index contributed by atoms with van der Waals surface area (Å²) in [6, 6.07) is 6.51. The van der Waals surface area contributed by atoms with Gasteiger partial charge in [0.25, 0.3) is 0 Å². The number of nitrogens with zero attached hydrogens (tertiary/aromatic N) is 2. The second-order valence-corrected chi connectivity index (χ2v) is 4.56. The van der Waals surface area contributed by atoms with Crippen LogP contribution in [0, 0.1) is 6.92 Å². The fourth-order valence-corrected chi connectivity index (χ4v) is 1.91. The van der Waals surface area contributed by atoms with Crippen LogP contribution in [0.15, 0.2) is 30.5 Å². The molecule has 0 unspecified atom stereocenters. The second kappa shape index (κ2) is 5.09. The smallest absolute Gasteiger partial charge is 0.322 e. The molecule has 0 saturated heterocycles. The summed E-state index contributed by atoms with van der Waals surface area (Å²) in [5.74, 6) is -1.56. The lowest BCUT2D eigenvalue weighted by atomic mass is 10.1. The Morgan fingerprint density at radius 1 is 1.05 bits per heavy atom. The molecule has 0 aliphatic carbocycles. The molecule has 0 N–H and O–H groups in total. The molecule has 0 fully saturated rings. The highest BCUT2D eigenvalue weighted by molar-refractivity contribution is 5.23. The topological polar surface area (TPSA) is 17.8 Å². The summed E-state index contributed by atoms with van der Waals surface area (Å²) >= 11 is 0. The molecule has 1 heterocycles. The van der Waals surface area contributed by atoms with Crippen molar-refractivity contribution in [1.82, 2.24) is 9.55 Å². The standard InChI is InChI=1S/C13H10F6N2/c1-8-3-2-4-9(5-8)6-21-7-10(12(14,15)16)20-11(21)13(17,18)19/h2-5,7H,6H2,1H3. The van der Waals surface area contributed by atoms with Gasteiger partial charge in [0.05, 0.1) is 0 Å². The number of hydrogen-bond acceptors (Lipinski definition) is 1. The van der Waals surface area contributed by atoms with E-state index in [-0.39, 0.29) is 6.54 Å². The van der Waals surface area contributed by atoms with Crippen LogP contribution in [0.4, 0.5) is 26.3 Å². The van der Waals surface area contributed by atoms with Crippen LogP contribution < -0.4 is 0 Å². The maximum atomic E-state index is 12.8. The quantitative estimate of drug-likeness (QED) is 0.757. The van der Waals surface area contributed by atoms with Crippen LogP contribution in [0.25, 0.3) is 0 Å². The number of alkyl halides is 6. The highest BCUT2D eigenvalue weighted by Crippen LogP contribution is 2.34. The summed E-state index contributed by atoms with van der Waals surface area (Å²) in [5, 5.41) is 0. The number of benzene rings is 1. The first-order valence-electron chi connectivity index (χ1n) is 5.84. The molecule has 0 atom stereocenters. The molecular weight excluding hydrogens is 298 g/mol. The maximum Gasteiger partial charge on any atom is 0.449 e. The molecule has 0 spiro atoms. The third-order valence-corrected chi connectivity index (χ3v) is 2.76. The van der Waals surface area contributed by atoms with Crippen LogP contribution in [-0.2, 0) is 18.9 Å². The Balaban J connectivity index is 2.44. The molecule has 0 aliphatic heterocycles. The van der Waals surface area contributed by atoms with E-state index in [4.69, 9.17) is 0 Å². The van der Waals surface area contributed by atoms with Crippen molar-refractivity contribution in [3.63, 3.8) is 0 Å². The third-order valence-electron chi connectivity index (χ3n) is 2.76. The zero-order chi connectivity index (χ0) is 15.8. The van der Waals surface area contributed by atoms with Crippen molar-refractivity contribution >= 4 is 0 Å². The molecule has 1 aromatic heterocycles. The molecular formula is C13H10F6N2. The van der Waals surface area contributed by atoms with Crippen LogP contribution in [-0.4, -0.2) is 9.55 Å². The summed E-state index contributed by atoms with van der Waals surface area (Å²) in [7, 11) is 0. The molecule has 2 rings (SSSR count). The van der Waals surface area contributed by atoms with Crippen LogP contribution in [0.5, 0.6) is 0 Å². The van der Waals surface area contributed by atoms with Crippen LogP contribution in [0.3, 0.4) is 0 Å². The molecule has 2 aromatic rings. The Morgan fingerprint density at radius 2 is 1.71 bits per heavy atom.